The van der Waals surface area contributed by atoms with Crippen LogP contribution in [-0.2, 0) is 11.2 Å². The maximum Gasteiger partial charge on any atom is 0.310 e. The summed E-state index contributed by atoms with van der Waals surface area (Å²) < 4.78 is 0. The van der Waals surface area contributed by atoms with Crippen LogP contribution >= 0.6 is 11.3 Å². The van der Waals surface area contributed by atoms with Crippen molar-refractivity contribution in [2.24, 2.45) is 16.5 Å². The van der Waals surface area contributed by atoms with Gasteiger partial charge >= 0.3 is 5.97 Å². The molecule has 3 aromatic rings. The number of rotatable bonds is 8. The van der Waals surface area contributed by atoms with Crippen molar-refractivity contribution in [3.05, 3.63) is 65.4 Å². The average Bonchev–Trinajstić information content (AvgIpc) is 3.17. The third kappa shape index (κ3) is 5.30. The number of carbonyl (C=O) groups excluding carboxylic acids is 1. The summed E-state index contributed by atoms with van der Waals surface area (Å²) >= 11 is 1.38. The van der Waals surface area contributed by atoms with Crippen LogP contribution in [0.25, 0.3) is 10.4 Å². The SMILES string of the molecule is CCc1nc(N=C(N)N)sc1-c1cccc(NC(=O)c2ccc(C(CC)C(=O)O)cc2)c1. The second kappa shape index (κ2) is 10.1. The van der Waals surface area contributed by atoms with Crippen LogP contribution in [0.3, 0.4) is 0 Å². The molecule has 0 saturated carbocycles. The molecule has 1 aromatic heterocycles. The Labute approximate surface area is 190 Å². The van der Waals surface area contributed by atoms with Crippen LogP contribution in [0.4, 0.5) is 10.8 Å². The van der Waals surface area contributed by atoms with Crippen LogP contribution in [0, 0.1) is 0 Å². The summed E-state index contributed by atoms with van der Waals surface area (Å²) in [6.45, 7) is 3.82. The van der Waals surface area contributed by atoms with E-state index in [2.05, 4.69) is 15.3 Å². The van der Waals surface area contributed by atoms with E-state index in [1.54, 1.807) is 30.3 Å². The molecular weight excluding hydrogens is 426 g/mol. The number of aliphatic imine (C=N–C) groups is 1. The van der Waals surface area contributed by atoms with E-state index in [1.165, 1.54) is 11.3 Å². The number of carbonyl (C=O) groups is 2. The van der Waals surface area contributed by atoms with Gasteiger partial charge in [0.15, 0.2) is 5.96 Å². The Hall–Kier alpha value is -3.72. The lowest BCUT2D eigenvalue weighted by Crippen LogP contribution is -2.21. The number of aliphatic carboxylic acids is 1. The highest BCUT2D eigenvalue weighted by Crippen LogP contribution is 2.36. The van der Waals surface area contributed by atoms with Crippen LogP contribution in [0.1, 0.15) is 47.8 Å². The number of anilines is 1. The second-order valence-corrected chi connectivity index (χ2v) is 8.10. The van der Waals surface area contributed by atoms with Crippen LogP contribution in [-0.4, -0.2) is 27.9 Å². The summed E-state index contributed by atoms with van der Waals surface area (Å²) in [5, 5.41) is 12.7. The fourth-order valence-electron chi connectivity index (χ4n) is 3.32. The number of nitrogens with zero attached hydrogens (tertiary/aromatic N) is 2. The van der Waals surface area contributed by atoms with Gasteiger partial charge < -0.3 is 21.9 Å². The van der Waals surface area contributed by atoms with E-state index < -0.39 is 11.9 Å². The van der Waals surface area contributed by atoms with Crippen LogP contribution in [0.5, 0.6) is 0 Å². The fourth-order valence-corrected chi connectivity index (χ4v) is 4.37. The minimum absolute atomic E-state index is 0.0476. The third-order valence-corrected chi connectivity index (χ3v) is 5.95. The number of hydrogen-bond donors (Lipinski definition) is 4. The van der Waals surface area contributed by atoms with E-state index in [4.69, 9.17) is 11.5 Å². The zero-order valence-electron chi connectivity index (χ0n) is 17.8. The molecule has 1 amide bonds. The third-order valence-electron chi connectivity index (χ3n) is 4.91. The van der Waals surface area contributed by atoms with E-state index >= 15 is 0 Å². The van der Waals surface area contributed by atoms with E-state index in [1.807, 2.05) is 32.0 Å². The van der Waals surface area contributed by atoms with E-state index in [9.17, 15) is 14.7 Å². The molecule has 2 aromatic carbocycles. The Morgan fingerprint density at radius 2 is 1.88 bits per heavy atom. The molecule has 1 heterocycles. The fraction of sp³-hybridized carbons (Fsp3) is 0.217. The molecular formula is C23H25N5O3S. The lowest BCUT2D eigenvalue weighted by Gasteiger charge is -2.11. The zero-order chi connectivity index (χ0) is 23.3. The number of thiazole rings is 1. The number of nitrogens with one attached hydrogen (secondary N) is 1. The van der Waals surface area contributed by atoms with Gasteiger partial charge in [-0.15, -0.1) is 0 Å². The van der Waals surface area contributed by atoms with Crippen molar-refractivity contribution in [1.82, 2.24) is 4.98 Å². The lowest BCUT2D eigenvalue weighted by molar-refractivity contribution is -0.138. The molecule has 0 saturated heterocycles. The van der Waals surface area contributed by atoms with Gasteiger partial charge in [-0.05, 0) is 48.2 Å². The average molecular weight is 452 g/mol. The van der Waals surface area contributed by atoms with Gasteiger partial charge in [0.25, 0.3) is 5.91 Å². The quantitative estimate of drug-likeness (QED) is 0.300. The molecule has 166 valence electrons. The number of benzene rings is 2. The Morgan fingerprint density at radius 1 is 1.16 bits per heavy atom. The van der Waals surface area contributed by atoms with Crippen molar-refractivity contribution in [3.8, 4) is 10.4 Å². The van der Waals surface area contributed by atoms with Crippen molar-refractivity contribution in [3.63, 3.8) is 0 Å². The molecule has 8 nitrogen and oxygen atoms in total. The van der Waals surface area contributed by atoms with Crippen molar-refractivity contribution >= 4 is 40.0 Å². The van der Waals surface area contributed by atoms with Gasteiger partial charge in [0, 0.05) is 11.3 Å². The molecule has 0 radical (unpaired) electrons. The predicted octanol–water partition coefficient (Wildman–Crippen LogP) is 4.11. The molecule has 32 heavy (non-hydrogen) atoms. The van der Waals surface area contributed by atoms with Crippen molar-refractivity contribution < 1.29 is 14.7 Å². The molecule has 6 N–H and O–H groups in total. The summed E-state index contributed by atoms with van der Waals surface area (Å²) in [6.07, 6.45) is 1.19. The van der Waals surface area contributed by atoms with E-state index in [0.29, 0.717) is 34.8 Å². The molecule has 0 bridgehead atoms. The molecule has 3 rings (SSSR count). The number of hydrogen-bond acceptors (Lipinski definition) is 5. The predicted molar refractivity (Wildman–Crippen MR) is 127 cm³/mol. The molecule has 9 heteroatoms. The number of carboxylic acid groups (broad SMARTS) is 1. The second-order valence-electron chi connectivity index (χ2n) is 7.12. The first-order valence-corrected chi connectivity index (χ1v) is 11.0. The molecule has 0 spiro atoms. The highest BCUT2D eigenvalue weighted by molar-refractivity contribution is 7.18. The summed E-state index contributed by atoms with van der Waals surface area (Å²) in [6, 6.07) is 14.1. The molecule has 0 aliphatic heterocycles. The van der Waals surface area contributed by atoms with Crippen LogP contribution in [0.2, 0.25) is 0 Å². The Bertz CT molecular complexity index is 1150. The Balaban J connectivity index is 1.81. The maximum atomic E-state index is 12.7. The number of aromatic nitrogens is 1. The molecule has 0 aliphatic rings. The number of carboxylic acids is 1. The lowest BCUT2D eigenvalue weighted by atomic mass is 9.95. The van der Waals surface area contributed by atoms with Crippen LogP contribution in [0.15, 0.2) is 53.5 Å². The highest BCUT2D eigenvalue weighted by Gasteiger charge is 2.18. The highest BCUT2D eigenvalue weighted by atomic mass is 32.1. The zero-order valence-corrected chi connectivity index (χ0v) is 18.6. The van der Waals surface area contributed by atoms with Crippen molar-refractivity contribution in [2.75, 3.05) is 5.32 Å². The van der Waals surface area contributed by atoms with Gasteiger partial charge in [0.2, 0.25) is 5.13 Å². The Kier molecular flexibility index (Phi) is 7.21. The summed E-state index contributed by atoms with van der Waals surface area (Å²) in [5.41, 5.74) is 14.5. The molecule has 1 atom stereocenters. The largest absolute Gasteiger partial charge is 0.481 e. The van der Waals surface area contributed by atoms with Crippen molar-refractivity contribution in [1.29, 1.82) is 0 Å². The monoisotopic (exact) mass is 451 g/mol. The van der Waals surface area contributed by atoms with Gasteiger partial charge in [0.1, 0.15) is 0 Å². The smallest absolute Gasteiger partial charge is 0.310 e. The summed E-state index contributed by atoms with van der Waals surface area (Å²) in [7, 11) is 0. The first kappa shape index (κ1) is 23.0. The first-order valence-electron chi connectivity index (χ1n) is 10.2. The van der Waals surface area contributed by atoms with Gasteiger partial charge in [-0.3, -0.25) is 9.59 Å². The molecule has 0 aliphatic carbocycles. The van der Waals surface area contributed by atoms with Gasteiger partial charge in [-0.1, -0.05) is 49.4 Å². The number of nitrogens with two attached hydrogens (primary N) is 2. The minimum atomic E-state index is -0.876. The maximum absolute atomic E-state index is 12.7. The summed E-state index contributed by atoms with van der Waals surface area (Å²) in [4.78, 5) is 33.5. The van der Waals surface area contributed by atoms with Crippen molar-refractivity contribution in [2.45, 2.75) is 32.6 Å². The number of guanidine groups is 1. The molecule has 0 fully saturated rings. The number of aryl methyl sites for hydroxylation is 1. The van der Waals surface area contributed by atoms with Crippen LogP contribution < -0.4 is 16.8 Å². The topological polar surface area (TPSA) is 144 Å². The van der Waals surface area contributed by atoms with Gasteiger partial charge in [0.05, 0.1) is 16.5 Å². The summed E-state index contributed by atoms with van der Waals surface area (Å²) in [5.74, 6) is -1.79. The first-order chi connectivity index (χ1) is 15.3. The van der Waals surface area contributed by atoms with Gasteiger partial charge in [-0.2, -0.15) is 4.99 Å². The number of amides is 1. The minimum Gasteiger partial charge on any atom is -0.481 e. The Morgan fingerprint density at radius 3 is 2.47 bits per heavy atom. The molecule has 1 unspecified atom stereocenters. The van der Waals surface area contributed by atoms with E-state index in [0.717, 1.165) is 16.1 Å². The standard InChI is InChI=1S/C23H25N5O3S/c1-3-17(21(30)31)13-8-10-14(11-9-13)20(29)26-16-7-5-6-15(12-16)19-18(4-2)27-23(32-19)28-22(24)25/h5-12,17H,3-4H2,1-2H3,(H,26,29)(H,30,31)(H4,24,25,27,28). The normalized spacial score (nSPS) is 11.6. The van der Waals surface area contributed by atoms with E-state index in [-0.39, 0.29) is 11.9 Å². The van der Waals surface area contributed by atoms with Gasteiger partial charge in [-0.25, -0.2) is 4.98 Å².